The van der Waals surface area contributed by atoms with E-state index in [4.69, 9.17) is 11.6 Å². The van der Waals surface area contributed by atoms with Crippen LogP contribution in [0.2, 0.25) is 5.02 Å². The van der Waals surface area contributed by atoms with Crippen LogP contribution in [0.25, 0.3) is 10.6 Å². The predicted molar refractivity (Wildman–Crippen MR) is 110 cm³/mol. The van der Waals surface area contributed by atoms with Crippen molar-refractivity contribution in [3.05, 3.63) is 64.1 Å². The lowest BCUT2D eigenvalue weighted by Crippen LogP contribution is -2.12. The second-order valence-electron chi connectivity index (χ2n) is 5.89. The summed E-state index contributed by atoms with van der Waals surface area (Å²) < 4.78 is 25.1. The van der Waals surface area contributed by atoms with Gasteiger partial charge in [-0.25, -0.2) is 8.42 Å². The quantitative estimate of drug-likeness (QED) is 0.639. The molecule has 140 valence electrons. The van der Waals surface area contributed by atoms with Gasteiger partial charge < -0.3 is 5.32 Å². The Balaban J connectivity index is 1.81. The third-order valence-corrected chi connectivity index (χ3v) is 5.45. The van der Waals surface area contributed by atoms with Gasteiger partial charge >= 0.3 is 0 Å². The Kier molecular flexibility index (Phi) is 5.50. The number of sulfonamides is 1. The number of amides is 1. The number of benzene rings is 1. The van der Waals surface area contributed by atoms with E-state index in [1.165, 1.54) is 23.5 Å². The predicted octanol–water partition coefficient (Wildman–Crippen LogP) is 4.40. The molecular weight excluding hydrogens is 406 g/mol. The topological polar surface area (TPSA) is 88.2 Å². The van der Waals surface area contributed by atoms with Crippen LogP contribution >= 0.6 is 22.9 Å². The molecule has 0 bridgehead atoms. The number of halogens is 1. The summed E-state index contributed by atoms with van der Waals surface area (Å²) in [6.07, 6.45) is 2.75. The van der Waals surface area contributed by atoms with Crippen LogP contribution in [0.15, 0.2) is 48.7 Å². The molecule has 0 radical (unpaired) electrons. The first-order valence-corrected chi connectivity index (χ1v) is 10.9. The zero-order chi connectivity index (χ0) is 19.6. The minimum atomic E-state index is -3.45. The number of rotatable bonds is 5. The molecule has 1 amide bonds. The summed E-state index contributed by atoms with van der Waals surface area (Å²) in [5.74, 6) is -0.313. The fourth-order valence-corrected chi connectivity index (χ4v) is 4.20. The average Bonchev–Trinajstić information content (AvgIpc) is 3.03. The molecule has 2 aromatic heterocycles. The van der Waals surface area contributed by atoms with Gasteiger partial charge in [0.25, 0.3) is 5.91 Å². The van der Waals surface area contributed by atoms with E-state index in [1.807, 2.05) is 25.1 Å². The van der Waals surface area contributed by atoms with Crippen molar-refractivity contribution in [2.75, 3.05) is 16.3 Å². The summed E-state index contributed by atoms with van der Waals surface area (Å²) in [5, 5.41) is 3.04. The number of thiophene rings is 1. The number of aryl methyl sites for hydroxylation is 1. The van der Waals surface area contributed by atoms with Crippen molar-refractivity contribution < 1.29 is 13.2 Å². The van der Waals surface area contributed by atoms with Crippen LogP contribution in [0.5, 0.6) is 0 Å². The van der Waals surface area contributed by atoms with Gasteiger partial charge in [-0.3, -0.25) is 14.5 Å². The van der Waals surface area contributed by atoms with E-state index in [1.54, 1.807) is 18.3 Å². The number of carbonyl (C=O) groups is 1. The van der Waals surface area contributed by atoms with Crippen LogP contribution in [0.1, 0.15) is 15.2 Å². The highest BCUT2D eigenvalue weighted by molar-refractivity contribution is 7.92. The van der Waals surface area contributed by atoms with Gasteiger partial charge in [-0.2, -0.15) is 0 Å². The molecule has 0 spiro atoms. The summed E-state index contributed by atoms with van der Waals surface area (Å²) in [6, 6.07) is 11.9. The summed E-state index contributed by atoms with van der Waals surface area (Å²) in [5.41, 5.74) is 2.53. The van der Waals surface area contributed by atoms with Gasteiger partial charge in [0.05, 0.1) is 27.4 Å². The van der Waals surface area contributed by atoms with E-state index in [9.17, 15) is 13.2 Å². The minimum Gasteiger partial charge on any atom is -0.321 e. The molecule has 2 heterocycles. The highest BCUT2D eigenvalue weighted by atomic mass is 35.5. The highest BCUT2D eigenvalue weighted by Gasteiger charge is 2.13. The number of nitrogens with one attached hydrogen (secondary N) is 2. The third kappa shape index (κ3) is 5.06. The van der Waals surface area contributed by atoms with Crippen molar-refractivity contribution in [1.29, 1.82) is 0 Å². The molecule has 0 fully saturated rings. The van der Waals surface area contributed by atoms with Gasteiger partial charge in [-0.15, -0.1) is 11.3 Å². The summed E-state index contributed by atoms with van der Waals surface area (Å²) in [4.78, 5) is 18.3. The molecule has 0 atom stereocenters. The van der Waals surface area contributed by atoms with Gasteiger partial charge in [0, 0.05) is 16.9 Å². The smallest absolute Gasteiger partial charge is 0.265 e. The first-order chi connectivity index (χ1) is 12.7. The van der Waals surface area contributed by atoms with Crippen molar-refractivity contribution in [2.24, 2.45) is 0 Å². The highest BCUT2D eigenvalue weighted by Crippen LogP contribution is 2.30. The van der Waals surface area contributed by atoms with Crippen LogP contribution in [-0.4, -0.2) is 25.6 Å². The SMILES string of the molecule is Cc1cccnc1-c1ccc(C(=O)Nc2cc(Cl)cc(NS(C)(=O)=O)c2)s1. The van der Waals surface area contributed by atoms with Crippen molar-refractivity contribution >= 4 is 50.2 Å². The van der Waals surface area contributed by atoms with Crippen molar-refractivity contribution in [2.45, 2.75) is 6.92 Å². The summed E-state index contributed by atoms with van der Waals surface area (Å²) >= 11 is 7.34. The van der Waals surface area contributed by atoms with Crippen LogP contribution in [-0.2, 0) is 10.0 Å². The summed E-state index contributed by atoms with van der Waals surface area (Å²) in [7, 11) is -3.45. The van der Waals surface area contributed by atoms with Crippen LogP contribution in [0, 0.1) is 6.92 Å². The zero-order valence-electron chi connectivity index (χ0n) is 14.5. The lowest BCUT2D eigenvalue weighted by atomic mass is 10.2. The Morgan fingerprint density at radius 2 is 1.89 bits per heavy atom. The first-order valence-electron chi connectivity index (χ1n) is 7.83. The number of hydrogen-bond acceptors (Lipinski definition) is 5. The van der Waals surface area contributed by atoms with E-state index in [0.29, 0.717) is 15.6 Å². The second-order valence-corrected chi connectivity index (χ2v) is 9.16. The normalized spacial score (nSPS) is 11.2. The van der Waals surface area contributed by atoms with Crippen LogP contribution in [0.4, 0.5) is 11.4 Å². The molecule has 0 aliphatic heterocycles. The Morgan fingerprint density at radius 1 is 1.15 bits per heavy atom. The van der Waals surface area contributed by atoms with Crippen molar-refractivity contribution in [3.63, 3.8) is 0 Å². The van der Waals surface area contributed by atoms with E-state index in [-0.39, 0.29) is 11.6 Å². The molecule has 0 saturated heterocycles. The maximum atomic E-state index is 12.5. The fraction of sp³-hybridized carbons (Fsp3) is 0.111. The molecule has 0 aliphatic rings. The molecule has 6 nitrogen and oxygen atoms in total. The Labute approximate surface area is 166 Å². The Morgan fingerprint density at radius 3 is 2.59 bits per heavy atom. The van der Waals surface area contributed by atoms with Crippen molar-refractivity contribution in [1.82, 2.24) is 4.98 Å². The molecule has 0 aliphatic carbocycles. The molecule has 0 unspecified atom stereocenters. The Bertz CT molecular complexity index is 1110. The molecule has 9 heteroatoms. The first kappa shape index (κ1) is 19.3. The molecular formula is C18H16ClN3O3S2. The third-order valence-electron chi connectivity index (χ3n) is 3.53. The molecule has 0 saturated carbocycles. The second kappa shape index (κ2) is 7.67. The lowest BCUT2D eigenvalue weighted by molar-refractivity contribution is 0.103. The minimum absolute atomic E-state index is 0.274. The van der Waals surface area contributed by atoms with Crippen LogP contribution < -0.4 is 10.0 Å². The van der Waals surface area contributed by atoms with Gasteiger partial charge in [0.2, 0.25) is 10.0 Å². The largest absolute Gasteiger partial charge is 0.321 e. The van der Waals surface area contributed by atoms with Crippen LogP contribution in [0.3, 0.4) is 0 Å². The van der Waals surface area contributed by atoms with E-state index in [0.717, 1.165) is 22.4 Å². The standard InChI is InChI=1S/C18H16ClN3O3S2/c1-11-4-3-7-20-17(11)15-5-6-16(26-15)18(23)21-13-8-12(19)9-14(10-13)22-27(2,24)25/h3-10,22H,1-2H3,(H,21,23). The average molecular weight is 422 g/mol. The lowest BCUT2D eigenvalue weighted by Gasteiger charge is -2.09. The number of pyridine rings is 1. The monoisotopic (exact) mass is 421 g/mol. The number of hydrogen-bond donors (Lipinski definition) is 2. The molecule has 2 N–H and O–H groups in total. The van der Waals surface area contributed by atoms with Gasteiger partial charge in [-0.1, -0.05) is 17.7 Å². The number of aromatic nitrogens is 1. The van der Waals surface area contributed by atoms with Crippen molar-refractivity contribution in [3.8, 4) is 10.6 Å². The zero-order valence-corrected chi connectivity index (χ0v) is 16.9. The summed E-state index contributed by atoms with van der Waals surface area (Å²) in [6.45, 7) is 1.96. The number of carbonyl (C=O) groups excluding carboxylic acids is 1. The number of anilines is 2. The maximum absolute atomic E-state index is 12.5. The van der Waals surface area contributed by atoms with Gasteiger partial charge in [0.15, 0.2) is 0 Å². The fourth-order valence-electron chi connectivity index (χ4n) is 2.46. The van der Waals surface area contributed by atoms with E-state index >= 15 is 0 Å². The Hall–Kier alpha value is -2.42. The van der Waals surface area contributed by atoms with Gasteiger partial charge in [0.1, 0.15) is 0 Å². The number of nitrogens with zero attached hydrogens (tertiary/aromatic N) is 1. The molecule has 3 rings (SSSR count). The molecule has 27 heavy (non-hydrogen) atoms. The van der Waals surface area contributed by atoms with E-state index in [2.05, 4.69) is 15.0 Å². The molecule has 1 aromatic carbocycles. The van der Waals surface area contributed by atoms with Gasteiger partial charge in [-0.05, 0) is 48.9 Å². The molecule has 3 aromatic rings. The van der Waals surface area contributed by atoms with E-state index < -0.39 is 10.0 Å². The maximum Gasteiger partial charge on any atom is 0.265 e.